The van der Waals surface area contributed by atoms with E-state index in [-0.39, 0.29) is 22.9 Å². The van der Waals surface area contributed by atoms with E-state index in [2.05, 4.69) is 25.8 Å². The molecule has 0 fully saturated rings. The fraction of sp³-hybridized carbons (Fsp3) is 0.0500. The highest BCUT2D eigenvalue weighted by Crippen LogP contribution is 2.42. The molecule has 0 atom stereocenters. The second-order valence-corrected chi connectivity index (χ2v) is 9.42. The van der Waals surface area contributed by atoms with Crippen LogP contribution < -0.4 is 21.5 Å². The minimum Gasteiger partial charge on any atom is -0.313 e. The Morgan fingerprint density at radius 2 is 1.58 bits per heavy atom. The fourth-order valence-electron chi connectivity index (χ4n) is 3.17. The lowest BCUT2D eigenvalue weighted by Gasteiger charge is -2.19. The maximum absolute atomic E-state index is 13.9. The number of hydrazine groups is 1. The number of fused-ring (bicyclic) bond motifs is 1. The summed E-state index contributed by atoms with van der Waals surface area (Å²) in [7, 11) is -3.28. The van der Waals surface area contributed by atoms with Crippen molar-refractivity contribution in [3.8, 4) is 0 Å². The lowest BCUT2D eigenvalue weighted by atomic mass is 10.2. The zero-order valence-corrected chi connectivity index (χ0v) is 16.9. The van der Waals surface area contributed by atoms with Crippen molar-refractivity contribution in [3.05, 3.63) is 82.9 Å². The van der Waals surface area contributed by atoms with Crippen molar-refractivity contribution in [3.63, 3.8) is 0 Å². The summed E-state index contributed by atoms with van der Waals surface area (Å²) < 4.78 is 18.5. The van der Waals surface area contributed by atoms with Gasteiger partial charge in [0.05, 0.1) is 11.1 Å². The molecular formula is C20H16N5O5P. The number of hydrogen-bond donors (Lipinski definition) is 2. The fourth-order valence-corrected chi connectivity index (χ4v) is 5.63. The van der Waals surface area contributed by atoms with Gasteiger partial charge in [-0.3, -0.25) is 25.8 Å². The number of amides is 1. The Balaban J connectivity index is 1.59. The van der Waals surface area contributed by atoms with Crippen LogP contribution in [-0.4, -0.2) is 27.3 Å². The standard InChI is InChI=1S/C20H16N5O5P/c26-18(22-21-17-12-11-16-19(24-30-23-16)20(17)25(27)28)13-31(29,14-7-3-1-4-8-14)15-9-5-2-6-10-15/h1-12,21H,13H2,(H,22,26). The number of carbonyl (C=O) groups excluding carboxylic acids is 1. The predicted molar refractivity (Wildman–Crippen MR) is 115 cm³/mol. The Kier molecular flexibility index (Phi) is 5.46. The largest absolute Gasteiger partial charge is 0.325 e. The summed E-state index contributed by atoms with van der Waals surface area (Å²) in [6, 6.07) is 20.3. The molecule has 4 rings (SSSR count). The predicted octanol–water partition coefficient (Wildman–Crippen LogP) is 2.59. The van der Waals surface area contributed by atoms with Crippen molar-refractivity contribution in [2.75, 3.05) is 11.6 Å². The van der Waals surface area contributed by atoms with Gasteiger partial charge in [0.15, 0.2) is 7.14 Å². The van der Waals surface area contributed by atoms with E-state index in [9.17, 15) is 19.5 Å². The third-order valence-electron chi connectivity index (χ3n) is 4.63. The van der Waals surface area contributed by atoms with Crippen LogP contribution >= 0.6 is 7.14 Å². The van der Waals surface area contributed by atoms with E-state index in [1.54, 1.807) is 60.7 Å². The van der Waals surface area contributed by atoms with E-state index in [0.717, 1.165) is 0 Å². The lowest BCUT2D eigenvalue weighted by molar-refractivity contribution is -0.382. The Morgan fingerprint density at radius 1 is 0.968 bits per heavy atom. The molecule has 0 spiro atoms. The zero-order chi connectivity index (χ0) is 21.8. The number of anilines is 1. The van der Waals surface area contributed by atoms with Crippen LogP contribution in [0, 0.1) is 10.1 Å². The van der Waals surface area contributed by atoms with Crippen LogP contribution in [0.4, 0.5) is 11.4 Å². The molecule has 0 aliphatic carbocycles. The normalized spacial score (nSPS) is 11.2. The van der Waals surface area contributed by atoms with Crippen LogP contribution in [0.3, 0.4) is 0 Å². The van der Waals surface area contributed by atoms with Crippen LogP contribution in [0.2, 0.25) is 0 Å². The molecule has 4 aromatic rings. The molecule has 3 aromatic carbocycles. The highest BCUT2D eigenvalue weighted by molar-refractivity contribution is 7.79. The summed E-state index contributed by atoms with van der Waals surface area (Å²) in [6.45, 7) is 0. The highest BCUT2D eigenvalue weighted by atomic mass is 31.2. The number of nitrogens with zero attached hydrogens (tertiary/aromatic N) is 3. The van der Waals surface area contributed by atoms with Crippen LogP contribution in [0.25, 0.3) is 11.0 Å². The summed E-state index contributed by atoms with van der Waals surface area (Å²) in [5.74, 6) is -0.594. The monoisotopic (exact) mass is 437 g/mol. The minimum absolute atomic E-state index is 0.00388. The van der Waals surface area contributed by atoms with Gasteiger partial charge in [0.2, 0.25) is 11.4 Å². The van der Waals surface area contributed by atoms with E-state index in [4.69, 9.17) is 0 Å². The SMILES string of the molecule is O=C(CP(=O)(c1ccccc1)c1ccccc1)NNc1ccc2nonc2c1[N+](=O)[O-]. The van der Waals surface area contributed by atoms with Gasteiger partial charge in [0.25, 0.3) is 0 Å². The Bertz CT molecular complexity index is 1250. The van der Waals surface area contributed by atoms with Crippen LogP contribution in [0.1, 0.15) is 0 Å². The molecule has 0 saturated carbocycles. The minimum atomic E-state index is -3.28. The summed E-state index contributed by atoms with van der Waals surface area (Å²) in [5.41, 5.74) is 4.69. The first-order valence-electron chi connectivity index (χ1n) is 9.14. The Hall–Kier alpha value is -4.04. The van der Waals surface area contributed by atoms with Crippen molar-refractivity contribution in [1.29, 1.82) is 0 Å². The topological polar surface area (TPSA) is 140 Å². The van der Waals surface area contributed by atoms with Gasteiger partial charge < -0.3 is 4.57 Å². The van der Waals surface area contributed by atoms with E-state index in [1.165, 1.54) is 12.1 Å². The molecule has 1 amide bonds. The molecule has 1 heterocycles. The van der Waals surface area contributed by atoms with Gasteiger partial charge in [-0.25, -0.2) is 4.63 Å². The molecule has 156 valence electrons. The zero-order valence-electron chi connectivity index (χ0n) is 16.0. The van der Waals surface area contributed by atoms with E-state index >= 15 is 0 Å². The number of nitro groups is 1. The number of nitrogens with one attached hydrogen (secondary N) is 2. The van der Waals surface area contributed by atoms with Gasteiger partial charge in [-0.1, -0.05) is 60.7 Å². The average Bonchev–Trinajstić information content (AvgIpc) is 3.27. The number of nitro benzene ring substituents is 1. The summed E-state index contributed by atoms with van der Waals surface area (Å²) in [6.07, 6.45) is -0.324. The Labute approximate surface area is 175 Å². The molecule has 0 aliphatic rings. The number of benzene rings is 3. The van der Waals surface area contributed by atoms with Gasteiger partial charge in [0, 0.05) is 10.6 Å². The number of hydrogen-bond acceptors (Lipinski definition) is 8. The summed E-state index contributed by atoms with van der Waals surface area (Å²) in [4.78, 5) is 23.5. The van der Waals surface area contributed by atoms with Crippen molar-refractivity contribution < 1.29 is 18.9 Å². The molecule has 31 heavy (non-hydrogen) atoms. The third-order valence-corrected chi connectivity index (χ3v) is 7.63. The Morgan fingerprint density at radius 3 is 2.16 bits per heavy atom. The van der Waals surface area contributed by atoms with Crippen molar-refractivity contribution in [1.82, 2.24) is 15.7 Å². The first kappa shape index (κ1) is 20.2. The summed E-state index contributed by atoms with van der Waals surface area (Å²) in [5, 5.41) is 19.7. The van der Waals surface area contributed by atoms with Gasteiger partial charge in [0.1, 0.15) is 11.2 Å². The molecular weight excluding hydrogens is 421 g/mol. The van der Waals surface area contributed by atoms with E-state index in [1.807, 2.05) is 0 Å². The highest BCUT2D eigenvalue weighted by Gasteiger charge is 2.30. The smallest absolute Gasteiger partial charge is 0.313 e. The molecule has 0 radical (unpaired) electrons. The van der Waals surface area contributed by atoms with Crippen LogP contribution in [0.15, 0.2) is 77.4 Å². The van der Waals surface area contributed by atoms with Crippen molar-refractivity contribution in [2.24, 2.45) is 0 Å². The number of carbonyl (C=O) groups is 1. The summed E-state index contributed by atoms with van der Waals surface area (Å²) >= 11 is 0. The maximum Gasteiger partial charge on any atom is 0.325 e. The molecule has 0 bridgehead atoms. The van der Waals surface area contributed by atoms with Gasteiger partial charge in [-0.15, -0.1) is 0 Å². The first-order chi connectivity index (χ1) is 15.0. The maximum atomic E-state index is 13.9. The molecule has 10 nitrogen and oxygen atoms in total. The number of rotatable bonds is 7. The second-order valence-electron chi connectivity index (χ2n) is 6.59. The molecule has 2 N–H and O–H groups in total. The third kappa shape index (κ3) is 4.01. The second kappa shape index (κ2) is 8.37. The van der Waals surface area contributed by atoms with Gasteiger partial charge >= 0.3 is 5.69 Å². The molecule has 0 aliphatic heterocycles. The average molecular weight is 437 g/mol. The first-order valence-corrected chi connectivity index (χ1v) is 11.0. The van der Waals surface area contributed by atoms with Crippen molar-refractivity contribution >= 4 is 46.1 Å². The van der Waals surface area contributed by atoms with E-state index < -0.39 is 23.7 Å². The van der Waals surface area contributed by atoms with Crippen LogP contribution in [0.5, 0.6) is 0 Å². The molecule has 1 aromatic heterocycles. The lowest BCUT2D eigenvalue weighted by Crippen LogP contribution is -2.35. The van der Waals surface area contributed by atoms with Gasteiger partial charge in [-0.05, 0) is 22.4 Å². The number of aromatic nitrogens is 2. The van der Waals surface area contributed by atoms with Gasteiger partial charge in [-0.2, -0.15) is 0 Å². The quantitative estimate of drug-likeness (QED) is 0.255. The molecule has 0 unspecified atom stereocenters. The van der Waals surface area contributed by atoms with E-state index in [0.29, 0.717) is 10.6 Å². The molecule has 11 heteroatoms. The van der Waals surface area contributed by atoms with Crippen molar-refractivity contribution in [2.45, 2.75) is 0 Å². The molecule has 0 saturated heterocycles. The van der Waals surface area contributed by atoms with Crippen LogP contribution in [-0.2, 0) is 9.36 Å².